The molecule has 0 bridgehead atoms. The number of carbonyl (C=O) groups is 1. The lowest BCUT2D eigenvalue weighted by atomic mass is 9.92. The van der Waals surface area contributed by atoms with Crippen LogP contribution in [0.15, 0.2) is 16.7 Å². The van der Waals surface area contributed by atoms with Crippen LogP contribution >= 0.6 is 15.9 Å². The molecule has 3 nitrogen and oxygen atoms in total. The number of aryl methyl sites for hydroxylation is 1. The van der Waals surface area contributed by atoms with Gasteiger partial charge in [0.15, 0.2) is 0 Å². The molecule has 2 rings (SSSR count). The van der Waals surface area contributed by atoms with Gasteiger partial charge in [0.2, 0.25) is 0 Å². The van der Waals surface area contributed by atoms with E-state index < -0.39 is 0 Å². The Morgan fingerprint density at radius 3 is 2.89 bits per heavy atom. The number of likely N-dealkylation sites (tertiary alicyclic amines) is 1. The predicted molar refractivity (Wildman–Crippen MR) is 81.3 cm³/mol. The molecule has 2 unspecified atom stereocenters. The van der Waals surface area contributed by atoms with Crippen LogP contribution in [0.1, 0.15) is 50.5 Å². The average Bonchev–Trinajstić information content (AvgIpc) is 2.73. The van der Waals surface area contributed by atoms with Crippen LogP contribution in [0, 0.1) is 5.92 Å². The fourth-order valence-corrected chi connectivity index (χ4v) is 3.31. The van der Waals surface area contributed by atoms with Gasteiger partial charge in [0.1, 0.15) is 5.69 Å². The zero-order valence-corrected chi connectivity index (χ0v) is 13.6. The molecule has 4 heteroatoms. The van der Waals surface area contributed by atoms with Crippen molar-refractivity contribution in [3.8, 4) is 0 Å². The Morgan fingerprint density at radius 1 is 1.47 bits per heavy atom. The summed E-state index contributed by atoms with van der Waals surface area (Å²) in [4.78, 5) is 14.8. The molecule has 1 aliphatic rings. The number of carbonyl (C=O) groups excluding carboxylic acids is 1. The molecule has 0 radical (unpaired) electrons. The van der Waals surface area contributed by atoms with Gasteiger partial charge in [-0.15, -0.1) is 0 Å². The van der Waals surface area contributed by atoms with Crippen molar-refractivity contribution in [2.45, 2.75) is 52.6 Å². The van der Waals surface area contributed by atoms with E-state index in [1.807, 2.05) is 17.2 Å². The van der Waals surface area contributed by atoms with Gasteiger partial charge in [0, 0.05) is 29.8 Å². The average molecular weight is 327 g/mol. The van der Waals surface area contributed by atoms with Gasteiger partial charge in [-0.1, -0.05) is 13.8 Å². The van der Waals surface area contributed by atoms with Crippen molar-refractivity contribution in [2.75, 3.05) is 6.54 Å². The highest BCUT2D eigenvalue weighted by Crippen LogP contribution is 2.26. The molecule has 106 valence electrons. The molecule has 0 spiro atoms. The predicted octanol–water partition coefficient (Wildman–Crippen LogP) is 3.92. The molecule has 1 aliphatic heterocycles. The minimum atomic E-state index is 0.179. The second-order valence-electron chi connectivity index (χ2n) is 5.60. The van der Waals surface area contributed by atoms with E-state index in [0.717, 1.165) is 36.1 Å². The minimum Gasteiger partial charge on any atom is -0.342 e. The van der Waals surface area contributed by atoms with Crippen molar-refractivity contribution in [1.29, 1.82) is 0 Å². The lowest BCUT2D eigenvalue weighted by molar-refractivity contribution is 0.0540. The lowest BCUT2D eigenvalue weighted by Crippen LogP contribution is -2.46. The number of amides is 1. The summed E-state index contributed by atoms with van der Waals surface area (Å²) in [5, 5.41) is 0. The summed E-state index contributed by atoms with van der Waals surface area (Å²) in [7, 11) is 0. The van der Waals surface area contributed by atoms with Gasteiger partial charge in [0.25, 0.3) is 5.91 Å². The van der Waals surface area contributed by atoms with Crippen LogP contribution in [0.5, 0.6) is 0 Å². The highest BCUT2D eigenvalue weighted by atomic mass is 79.9. The highest BCUT2D eigenvalue weighted by molar-refractivity contribution is 9.10. The van der Waals surface area contributed by atoms with Gasteiger partial charge in [-0.2, -0.15) is 0 Å². The van der Waals surface area contributed by atoms with Crippen molar-refractivity contribution in [1.82, 2.24) is 9.47 Å². The van der Waals surface area contributed by atoms with Crippen LogP contribution in [0.4, 0.5) is 0 Å². The number of piperidine rings is 1. The van der Waals surface area contributed by atoms with Crippen molar-refractivity contribution >= 4 is 21.8 Å². The SMILES string of the molecule is CCCn1cc(Br)cc1C(=O)N1CCCC(C)C1C. The molecule has 1 aromatic rings. The fourth-order valence-electron chi connectivity index (χ4n) is 2.85. The van der Waals surface area contributed by atoms with E-state index in [4.69, 9.17) is 0 Å². The molecule has 0 aliphatic carbocycles. The number of rotatable bonds is 3. The first kappa shape index (κ1) is 14.6. The summed E-state index contributed by atoms with van der Waals surface area (Å²) in [6.45, 7) is 8.33. The van der Waals surface area contributed by atoms with Crippen molar-refractivity contribution < 1.29 is 4.79 Å². The third-order valence-corrected chi connectivity index (χ3v) is 4.61. The largest absolute Gasteiger partial charge is 0.342 e. The van der Waals surface area contributed by atoms with E-state index in [9.17, 15) is 4.79 Å². The number of aromatic nitrogens is 1. The normalized spacial score (nSPS) is 23.7. The van der Waals surface area contributed by atoms with Crippen molar-refractivity contribution in [3.63, 3.8) is 0 Å². The first-order chi connectivity index (χ1) is 9.04. The summed E-state index contributed by atoms with van der Waals surface area (Å²) in [6, 6.07) is 2.29. The second-order valence-corrected chi connectivity index (χ2v) is 6.51. The van der Waals surface area contributed by atoms with Gasteiger partial charge in [-0.05, 0) is 54.1 Å². The van der Waals surface area contributed by atoms with E-state index in [0.29, 0.717) is 12.0 Å². The fraction of sp³-hybridized carbons (Fsp3) is 0.667. The maximum absolute atomic E-state index is 12.7. The van der Waals surface area contributed by atoms with Crippen LogP contribution < -0.4 is 0 Å². The summed E-state index contributed by atoms with van der Waals surface area (Å²) >= 11 is 3.48. The topological polar surface area (TPSA) is 25.2 Å². The molecule has 0 N–H and O–H groups in total. The molecule has 0 saturated carbocycles. The molecule has 1 fully saturated rings. The van der Waals surface area contributed by atoms with E-state index in [1.165, 1.54) is 6.42 Å². The smallest absolute Gasteiger partial charge is 0.270 e. The molecule has 19 heavy (non-hydrogen) atoms. The van der Waals surface area contributed by atoms with Gasteiger partial charge >= 0.3 is 0 Å². The number of nitrogens with zero attached hydrogens (tertiary/aromatic N) is 2. The van der Waals surface area contributed by atoms with Gasteiger partial charge in [0.05, 0.1) is 0 Å². The van der Waals surface area contributed by atoms with Crippen LogP contribution in [-0.4, -0.2) is 28.0 Å². The maximum Gasteiger partial charge on any atom is 0.270 e. The number of hydrogen-bond acceptors (Lipinski definition) is 1. The van der Waals surface area contributed by atoms with Gasteiger partial charge < -0.3 is 9.47 Å². The first-order valence-electron chi connectivity index (χ1n) is 7.21. The highest BCUT2D eigenvalue weighted by Gasteiger charge is 2.30. The first-order valence-corrected chi connectivity index (χ1v) is 8.00. The van der Waals surface area contributed by atoms with Crippen LogP contribution in [0.3, 0.4) is 0 Å². The van der Waals surface area contributed by atoms with Crippen LogP contribution in [-0.2, 0) is 6.54 Å². The number of halogens is 1. The summed E-state index contributed by atoms with van der Waals surface area (Å²) in [5.74, 6) is 0.772. The Kier molecular flexibility index (Phi) is 4.71. The quantitative estimate of drug-likeness (QED) is 0.826. The molecular formula is C15H23BrN2O. The Bertz CT molecular complexity index is 455. The monoisotopic (exact) mass is 326 g/mol. The second kappa shape index (κ2) is 6.12. The third-order valence-electron chi connectivity index (χ3n) is 4.18. The summed E-state index contributed by atoms with van der Waals surface area (Å²) < 4.78 is 3.06. The molecular weight excluding hydrogens is 304 g/mol. The molecule has 2 heterocycles. The minimum absolute atomic E-state index is 0.179. The molecule has 1 amide bonds. The van der Waals surface area contributed by atoms with Gasteiger partial charge in [-0.25, -0.2) is 0 Å². The molecule has 2 atom stereocenters. The lowest BCUT2D eigenvalue weighted by Gasteiger charge is -2.38. The van der Waals surface area contributed by atoms with E-state index >= 15 is 0 Å². The van der Waals surface area contributed by atoms with Gasteiger partial charge in [-0.3, -0.25) is 4.79 Å². The summed E-state index contributed by atoms with van der Waals surface area (Å²) in [6.07, 6.45) is 5.39. The Hall–Kier alpha value is -0.770. The molecule has 1 aromatic heterocycles. The Labute approximate surface area is 124 Å². The third kappa shape index (κ3) is 3.04. The number of hydrogen-bond donors (Lipinski definition) is 0. The Morgan fingerprint density at radius 2 is 2.21 bits per heavy atom. The Balaban J connectivity index is 2.23. The molecule has 0 aromatic carbocycles. The van der Waals surface area contributed by atoms with Crippen LogP contribution in [0.2, 0.25) is 0 Å². The van der Waals surface area contributed by atoms with Crippen molar-refractivity contribution in [3.05, 3.63) is 22.4 Å². The zero-order valence-electron chi connectivity index (χ0n) is 12.0. The van der Waals surface area contributed by atoms with E-state index in [1.54, 1.807) is 0 Å². The summed E-state index contributed by atoms with van der Waals surface area (Å²) in [5.41, 5.74) is 0.815. The van der Waals surface area contributed by atoms with E-state index in [-0.39, 0.29) is 5.91 Å². The van der Waals surface area contributed by atoms with E-state index in [2.05, 4.69) is 41.3 Å². The van der Waals surface area contributed by atoms with Crippen molar-refractivity contribution in [2.24, 2.45) is 5.92 Å². The standard InChI is InChI=1S/C15H23BrN2O/c1-4-7-17-10-13(16)9-14(17)15(19)18-8-5-6-11(2)12(18)3/h9-12H,4-8H2,1-3H3. The maximum atomic E-state index is 12.7. The molecule has 1 saturated heterocycles. The zero-order chi connectivity index (χ0) is 14.0. The van der Waals surface area contributed by atoms with Crippen LogP contribution in [0.25, 0.3) is 0 Å².